The van der Waals surface area contributed by atoms with Gasteiger partial charge in [-0.05, 0) is 58.4 Å². The van der Waals surface area contributed by atoms with Crippen LogP contribution in [0.25, 0.3) is 0 Å². The molecule has 3 aromatic carbocycles. The molecule has 1 unspecified atom stereocenters. The summed E-state index contributed by atoms with van der Waals surface area (Å²) in [6.07, 6.45) is 7.92. The molecule has 2 aliphatic heterocycles. The van der Waals surface area contributed by atoms with Crippen LogP contribution in [0.2, 0.25) is 0 Å². The Labute approximate surface area is 239 Å². The molecule has 3 aromatic rings. The fourth-order valence-corrected chi connectivity index (χ4v) is 4.67. The van der Waals surface area contributed by atoms with Gasteiger partial charge in [-0.25, -0.2) is 5.43 Å². The smallest absolute Gasteiger partial charge is 0.0571 e. The summed E-state index contributed by atoms with van der Waals surface area (Å²) in [6.45, 7) is 19.1. The lowest BCUT2D eigenvalue weighted by molar-refractivity contribution is 0.275. The van der Waals surface area contributed by atoms with Crippen LogP contribution in [0.1, 0.15) is 81.0 Å². The molecule has 0 saturated carbocycles. The van der Waals surface area contributed by atoms with Crippen LogP contribution in [0.15, 0.2) is 73.8 Å². The van der Waals surface area contributed by atoms with Crippen molar-refractivity contribution >= 4 is 5.69 Å². The first kappa shape index (κ1) is 33.7. The molecule has 0 fully saturated rings. The van der Waals surface area contributed by atoms with E-state index >= 15 is 0 Å². The number of hydrazine groups is 1. The third-order valence-corrected chi connectivity index (χ3v) is 6.33. The van der Waals surface area contributed by atoms with Gasteiger partial charge >= 0.3 is 0 Å². The predicted octanol–water partition coefficient (Wildman–Crippen LogP) is 8.32. The maximum absolute atomic E-state index is 5.88. The van der Waals surface area contributed by atoms with E-state index in [4.69, 9.17) is 6.42 Å². The number of benzene rings is 3. The molecule has 0 saturated heterocycles. The number of methoxy groups -OCH3 is 1. The number of rotatable bonds is 5. The molecule has 0 radical (unpaired) electrons. The van der Waals surface area contributed by atoms with E-state index in [9.17, 15) is 0 Å². The second-order valence-corrected chi connectivity index (χ2v) is 8.76. The zero-order chi connectivity index (χ0) is 29.2. The van der Waals surface area contributed by atoms with Gasteiger partial charge in [-0.2, -0.15) is 0 Å². The van der Waals surface area contributed by atoms with Crippen LogP contribution in [-0.4, -0.2) is 19.1 Å². The number of terminal acetylenes is 1. The van der Waals surface area contributed by atoms with Gasteiger partial charge in [0.15, 0.2) is 0 Å². The van der Waals surface area contributed by atoms with Crippen LogP contribution in [0.5, 0.6) is 0 Å². The van der Waals surface area contributed by atoms with E-state index in [2.05, 4.69) is 107 Å². The first-order valence-electron chi connectivity index (χ1n) is 14.1. The zero-order valence-electron chi connectivity index (χ0n) is 25.2. The van der Waals surface area contributed by atoms with E-state index in [0.29, 0.717) is 0 Å². The lowest BCUT2D eigenvalue weighted by Gasteiger charge is -2.18. The first-order valence-corrected chi connectivity index (χ1v) is 14.1. The van der Waals surface area contributed by atoms with Gasteiger partial charge in [-0.1, -0.05) is 89.1 Å². The molecule has 1 atom stereocenters. The van der Waals surface area contributed by atoms with Crippen LogP contribution < -0.4 is 10.9 Å². The quantitative estimate of drug-likeness (QED) is 0.257. The fourth-order valence-electron chi connectivity index (χ4n) is 4.67. The van der Waals surface area contributed by atoms with Crippen molar-refractivity contribution < 1.29 is 6.16 Å². The van der Waals surface area contributed by atoms with Gasteiger partial charge in [0.2, 0.25) is 0 Å². The summed E-state index contributed by atoms with van der Waals surface area (Å²) in [5.41, 5.74) is 17.0. The van der Waals surface area contributed by atoms with Crippen molar-refractivity contribution in [3.63, 3.8) is 0 Å². The van der Waals surface area contributed by atoms with Crippen LogP contribution in [0.4, 0.5) is 5.69 Å². The topological polar surface area (TPSA) is 36.5 Å². The van der Waals surface area contributed by atoms with Gasteiger partial charge in [-0.3, -0.25) is 4.90 Å². The Morgan fingerprint density at radius 3 is 2.21 bits per heavy atom. The molecular formula is C35H51N3O. The second-order valence-electron chi connectivity index (χ2n) is 8.76. The maximum atomic E-state index is 5.88. The minimum Gasteiger partial charge on any atom is -0.388 e. The molecule has 0 spiro atoms. The van der Waals surface area contributed by atoms with E-state index in [1.807, 2.05) is 27.7 Å². The van der Waals surface area contributed by atoms with Gasteiger partial charge < -0.3 is 10.2 Å². The van der Waals surface area contributed by atoms with Crippen molar-refractivity contribution in [3.8, 4) is 12.3 Å². The highest BCUT2D eigenvalue weighted by Crippen LogP contribution is 2.34. The molecule has 2 N–H and O–H groups in total. The third kappa shape index (κ3) is 9.41. The summed E-state index contributed by atoms with van der Waals surface area (Å²) in [5, 5.41) is 0. The number of aryl methyl sites for hydroxylation is 1. The molecule has 2 aliphatic rings. The highest BCUT2D eigenvalue weighted by Gasteiger charge is 2.25. The van der Waals surface area contributed by atoms with E-state index < -0.39 is 0 Å². The Morgan fingerprint density at radius 1 is 0.949 bits per heavy atom. The molecule has 4 nitrogen and oxygen atoms in total. The summed E-state index contributed by atoms with van der Waals surface area (Å²) in [7, 11) is 3.25. The Kier molecular flexibility index (Phi) is 16.2. The van der Waals surface area contributed by atoms with Crippen LogP contribution >= 0.6 is 0 Å². The van der Waals surface area contributed by atoms with Crippen molar-refractivity contribution in [2.45, 2.75) is 73.1 Å². The fraction of sp³-hybridized carbons (Fsp3) is 0.371. The van der Waals surface area contributed by atoms with E-state index in [0.717, 1.165) is 43.7 Å². The van der Waals surface area contributed by atoms with Gasteiger partial charge in [0.1, 0.15) is 0 Å². The molecule has 0 bridgehead atoms. The van der Waals surface area contributed by atoms with E-state index in [-0.39, 0.29) is 7.47 Å². The van der Waals surface area contributed by atoms with Crippen molar-refractivity contribution in [1.82, 2.24) is 10.3 Å². The molecule has 212 valence electrons. The summed E-state index contributed by atoms with van der Waals surface area (Å²) < 4.78 is 4.25. The van der Waals surface area contributed by atoms with Gasteiger partial charge in [-0.15, -0.1) is 19.6 Å². The van der Waals surface area contributed by atoms with Crippen molar-refractivity contribution in [2.75, 3.05) is 19.6 Å². The van der Waals surface area contributed by atoms with Gasteiger partial charge in [0.05, 0.1) is 11.7 Å². The Balaban J connectivity index is 0.00000138. The van der Waals surface area contributed by atoms with Crippen LogP contribution in [-0.2, 0) is 37.2 Å². The molecule has 0 aliphatic carbocycles. The monoisotopic (exact) mass is 529 g/mol. The molecular weight excluding hydrogens is 478 g/mol. The Morgan fingerprint density at radius 2 is 1.59 bits per heavy atom. The number of fused-ring (bicyclic) bond motifs is 2. The van der Waals surface area contributed by atoms with E-state index in [1.165, 1.54) is 33.4 Å². The summed E-state index contributed by atoms with van der Waals surface area (Å²) in [6, 6.07) is 22.2. The SMILES string of the molecule is C#Cc1cc2c(cc1CN1Cc3ccc(CC)cc3C1)C(Cc1ccccc1)NN2.C=C.CC.CC.COC.[HH]. The average molecular weight is 530 g/mol. The highest BCUT2D eigenvalue weighted by atomic mass is 16.4. The Hall–Kier alpha value is -3.36. The van der Waals surface area contributed by atoms with Crippen molar-refractivity contribution in [2.24, 2.45) is 0 Å². The van der Waals surface area contributed by atoms with Crippen molar-refractivity contribution in [1.29, 1.82) is 0 Å². The average Bonchev–Trinajstić information content (AvgIpc) is 3.59. The van der Waals surface area contributed by atoms with Crippen LogP contribution in [0, 0.1) is 12.3 Å². The molecule has 0 amide bonds. The second kappa shape index (κ2) is 18.8. The summed E-state index contributed by atoms with van der Waals surface area (Å²) >= 11 is 0. The number of hydrogen-bond donors (Lipinski definition) is 2. The number of hydrogen-bond acceptors (Lipinski definition) is 4. The minimum absolute atomic E-state index is 0. The Bertz CT molecular complexity index is 1160. The lowest BCUT2D eigenvalue weighted by Crippen LogP contribution is -2.20. The molecule has 39 heavy (non-hydrogen) atoms. The van der Waals surface area contributed by atoms with Gasteiger partial charge in [0, 0.05) is 40.8 Å². The number of nitrogens with one attached hydrogen (secondary N) is 2. The number of nitrogens with zero attached hydrogens (tertiary/aromatic N) is 1. The number of anilines is 1. The normalized spacial score (nSPS) is 14.2. The first-order chi connectivity index (χ1) is 19.1. The van der Waals surface area contributed by atoms with E-state index in [1.54, 1.807) is 14.2 Å². The lowest BCUT2D eigenvalue weighted by atomic mass is 9.95. The standard InChI is InChI=1S/C27H27N3.C2H6O.2C2H6.C2H4.H2/c1-3-19-10-11-22-16-30(17-23(22)12-19)18-24-14-25-26(13-20-8-6-5-7-9-20)28-29-27(25)15-21(24)4-2;1-3-2;3*1-2;/h2,5-12,14-15,26,28-29H,3,13,16-18H2,1H3;1-2H3;2*1-2H3;1-2H2;1H. The molecule has 4 heteroatoms. The third-order valence-electron chi connectivity index (χ3n) is 6.33. The van der Waals surface area contributed by atoms with Gasteiger partial charge in [0.25, 0.3) is 0 Å². The highest BCUT2D eigenvalue weighted by molar-refractivity contribution is 5.62. The molecule has 5 rings (SSSR count). The van der Waals surface area contributed by atoms with Crippen LogP contribution in [0.3, 0.4) is 0 Å². The largest absolute Gasteiger partial charge is 0.388 e. The maximum Gasteiger partial charge on any atom is 0.0571 e. The van der Waals surface area contributed by atoms with Crippen molar-refractivity contribution in [3.05, 3.63) is 113 Å². The summed E-state index contributed by atoms with van der Waals surface area (Å²) in [4.78, 5) is 2.49. The molecule has 0 aromatic heterocycles. The minimum atomic E-state index is 0. The molecule has 2 heterocycles. The number of ether oxygens (including phenoxy) is 1. The predicted molar refractivity (Wildman–Crippen MR) is 172 cm³/mol. The zero-order valence-corrected chi connectivity index (χ0v) is 25.2. The summed E-state index contributed by atoms with van der Waals surface area (Å²) in [5.74, 6) is 2.91.